The summed E-state index contributed by atoms with van der Waals surface area (Å²) in [4.78, 5) is 35.8. The monoisotopic (exact) mass is 459 g/mol. The molecule has 2 aliphatic rings. The van der Waals surface area contributed by atoms with Crippen molar-refractivity contribution >= 4 is 33.4 Å². The van der Waals surface area contributed by atoms with E-state index in [9.17, 15) is 9.59 Å². The molecule has 3 heterocycles. The minimum Gasteiger partial charge on any atom is -0.340 e. The molecule has 2 aliphatic heterocycles. The van der Waals surface area contributed by atoms with Gasteiger partial charge in [-0.05, 0) is 25.1 Å². The Balaban J connectivity index is 1.28. The molecule has 2 aromatic rings. The number of rotatable bonds is 5. The topological polar surface area (TPSA) is 61.7 Å². The SMILES string of the molecule is Cc1nccn1CCN1CCN(C(=O)C2CC(=O)N(c3cccc(Br)c3)C2)CC1. The van der Waals surface area contributed by atoms with Gasteiger partial charge in [-0.1, -0.05) is 22.0 Å². The molecule has 1 atom stereocenters. The fourth-order valence-corrected chi connectivity index (χ4v) is 4.49. The predicted octanol–water partition coefficient (Wildman–Crippen LogP) is 2.15. The van der Waals surface area contributed by atoms with Crippen molar-refractivity contribution in [3.8, 4) is 0 Å². The number of nitrogens with zero attached hydrogens (tertiary/aromatic N) is 5. The van der Waals surface area contributed by atoms with E-state index in [-0.39, 0.29) is 17.7 Å². The third-order valence-electron chi connectivity index (χ3n) is 5.86. The second-order valence-electron chi connectivity index (χ2n) is 7.72. The maximum absolute atomic E-state index is 13.0. The molecule has 2 saturated heterocycles. The summed E-state index contributed by atoms with van der Waals surface area (Å²) < 4.78 is 3.08. The maximum atomic E-state index is 13.0. The number of aromatic nitrogens is 2. The highest BCUT2D eigenvalue weighted by atomic mass is 79.9. The van der Waals surface area contributed by atoms with Crippen LogP contribution in [0.2, 0.25) is 0 Å². The molecule has 1 aromatic heterocycles. The van der Waals surface area contributed by atoms with E-state index in [0.29, 0.717) is 13.0 Å². The van der Waals surface area contributed by atoms with E-state index in [0.717, 1.165) is 55.3 Å². The van der Waals surface area contributed by atoms with Gasteiger partial charge in [0, 0.05) is 74.8 Å². The molecule has 0 spiro atoms. The van der Waals surface area contributed by atoms with Crippen LogP contribution in [0.1, 0.15) is 12.2 Å². The van der Waals surface area contributed by atoms with Gasteiger partial charge in [-0.25, -0.2) is 4.98 Å². The summed E-state index contributed by atoms with van der Waals surface area (Å²) in [5.41, 5.74) is 0.847. The largest absolute Gasteiger partial charge is 0.340 e. The molecule has 0 aliphatic carbocycles. The number of piperazine rings is 1. The number of carbonyl (C=O) groups excluding carboxylic acids is 2. The fraction of sp³-hybridized carbons (Fsp3) is 0.476. The number of imidazole rings is 1. The number of aryl methyl sites for hydroxylation is 1. The molecule has 4 rings (SSSR count). The summed E-state index contributed by atoms with van der Waals surface area (Å²) in [7, 11) is 0. The average molecular weight is 460 g/mol. The molecule has 8 heteroatoms. The van der Waals surface area contributed by atoms with Crippen molar-refractivity contribution in [2.75, 3.05) is 44.2 Å². The first-order valence-electron chi connectivity index (χ1n) is 10.1. The minimum absolute atomic E-state index is 0.0239. The summed E-state index contributed by atoms with van der Waals surface area (Å²) in [6, 6.07) is 7.68. The van der Waals surface area contributed by atoms with Gasteiger partial charge >= 0.3 is 0 Å². The van der Waals surface area contributed by atoms with Crippen molar-refractivity contribution in [3.63, 3.8) is 0 Å². The Kier molecular flexibility index (Phi) is 6.01. The standard InChI is InChI=1S/C21H26BrN5O2/c1-16-23-5-6-25(16)10-7-24-8-11-26(12-9-24)21(29)17-13-20(28)27(15-17)19-4-2-3-18(22)14-19/h2-6,14,17H,7-13,15H2,1H3. The smallest absolute Gasteiger partial charge is 0.228 e. The van der Waals surface area contributed by atoms with Crippen LogP contribution in [0, 0.1) is 12.8 Å². The lowest BCUT2D eigenvalue weighted by molar-refractivity contribution is -0.137. The molecule has 7 nitrogen and oxygen atoms in total. The van der Waals surface area contributed by atoms with Crippen molar-refractivity contribution < 1.29 is 9.59 Å². The Morgan fingerprint density at radius 3 is 2.69 bits per heavy atom. The summed E-state index contributed by atoms with van der Waals surface area (Å²) in [6.45, 7) is 7.54. The number of benzene rings is 1. The number of hydrogen-bond acceptors (Lipinski definition) is 4. The predicted molar refractivity (Wildman–Crippen MR) is 115 cm³/mol. The van der Waals surface area contributed by atoms with Crippen molar-refractivity contribution in [1.82, 2.24) is 19.4 Å². The number of anilines is 1. The van der Waals surface area contributed by atoms with E-state index in [2.05, 4.69) is 30.4 Å². The molecule has 2 fully saturated rings. The highest BCUT2D eigenvalue weighted by molar-refractivity contribution is 9.10. The summed E-state index contributed by atoms with van der Waals surface area (Å²) in [5, 5.41) is 0. The number of amides is 2. The van der Waals surface area contributed by atoms with Crippen molar-refractivity contribution in [2.45, 2.75) is 19.9 Å². The third-order valence-corrected chi connectivity index (χ3v) is 6.35. The molecule has 0 radical (unpaired) electrons. The Bertz CT molecular complexity index is 891. The Labute approximate surface area is 179 Å². The number of hydrogen-bond donors (Lipinski definition) is 0. The highest BCUT2D eigenvalue weighted by Crippen LogP contribution is 2.28. The first kappa shape index (κ1) is 20.1. The van der Waals surface area contributed by atoms with E-state index in [1.807, 2.05) is 48.5 Å². The van der Waals surface area contributed by atoms with Gasteiger partial charge in [0.05, 0.1) is 5.92 Å². The minimum atomic E-state index is -0.248. The van der Waals surface area contributed by atoms with Gasteiger partial charge in [0.1, 0.15) is 5.82 Å². The summed E-state index contributed by atoms with van der Waals surface area (Å²) in [6.07, 6.45) is 4.13. The average Bonchev–Trinajstić information content (AvgIpc) is 3.31. The molecule has 29 heavy (non-hydrogen) atoms. The normalized spacial score (nSPS) is 20.5. The van der Waals surface area contributed by atoms with Crippen LogP contribution in [0.25, 0.3) is 0 Å². The lowest BCUT2D eigenvalue weighted by Gasteiger charge is -2.36. The van der Waals surface area contributed by atoms with Crippen LogP contribution in [-0.2, 0) is 16.1 Å². The van der Waals surface area contributed by atoms with Crippen LogP contribution in [-0.4, -0.2) is 70.4 Å². The molecule has 154 valence electrons. The lowest BCUT2D eigenvalue weighted by atomic mass is 10.1. The molecule has 0 bridgehead atoms. The van der Waals surface area contributed by atoms with E-state index in [4.69, 9.17) is 0 Å². The second-order valence-corrected chi connectivity index (χ2v) is 8.64. The van der Waals surface area contributed by atoms with Crippen molar-refractivity contribution in [1.29, 1.82) is 0 Å². The van der Waals surface area contributed by atoms with Gasteiger partial charge in [-0.15, -0.1) is 0 Å². The van der Waals surface area contributed by atoms with E-state index in [1.165, 1.54) is 0 Å². The number of halogens is 1. The van der Waals surface area contributed by atoms with Gasteiger partial charge in [0.15, 0.2) is 0 Å². The van der Waals surface area contributed by atoms with E-state index < -0.39 is 0 Å². The van der Waals surface area contributed by atoms with Crippen LogP contribution in [0.4, 0.5) is 5.69 Å². The highest BCUT2D eigenvalue weighted by Gasteiger charge is 2.37. The molecular formula is C21H26BrN5O2. The Hall–Kier alpha value is -2.19. The quantitative estimate of drug-likeness (QED) is 0.686. The van der Waals surface area contributed by atoms with Gasteiger partial charge in [0.2, 0.25) is 11.8 Å². The van der Waals surface area contributed by atoms with E-state index in [1.54, 1.807) is 4.90 Å². The molecular weight excluding hydrogens is 434 g/mol. The molecule has 0 saturated carbocycles. The zero-order valence-corrected chi connectivity index (χ0v) is 18.2. The van der Waals surface area contributed by atoms with Crippen LogP contribution in [0.3, 0.4) is 0 Å². The fourth-order valence-electron chi connectivity index (χ4n) is 4.11. The third kappa shape index (κ3) is 4.53. The van der Waals surface area contributed by atoms with Crippen LogP contribution >= 0.6 is 15.9 Å². The summed E-state index contributed by atoms with van der Waals surface area (Å²) >= 11 is 3.45. The van der Waals surface area contributed by atoms with Crippen LogP contribution in [0.15, 0.2) is 41.1 Å². The maximum Gasteiger partial charge on any atom is 0.228 e. The second kappa shape index (κ2) is 8.67. The van der Waals surface area contributed by atoms with Gasteiger partial charge < -0.3 is 14.4 Å². The van der Waals surface area contributed by atoms with Crippen LogP contribution < -0.4 is 4.90 Å². The van der Waals surface area contributed by atoms with Crippen molar-refractivity contribution in [2.24, 2.45) is 5.92 Å². The molecule has 1 unspecified atom stereocenters. The zero-order chi connectivity index (χ0) is 20.4. The van der Waals surface area contributed by atoms with E-state index >= 15 is 0 Å². The Morgan fingerprint density at radius 1 is 1.21 bits per heavy atom. The molecule has 1 aromatic carbocycles. The zero-order valence-electron chi connectivity index (χ0n) is 16.6. The number of carbonyl (C=O) groups is 2. The molecule has 2 amide bonds. The lowest BCUT2D eigenvalue weighted by Crippen LogP contribution is -2.51. The van der Waals surface area contributed by atoms with Gasteiger partial charge in [-0.2, -0.15) is 0 Å². The first-order chi connectivity index (χ1) is 14.0. The van der Waals surface area contributed by atoms with Crippen molar-refractivity contribution in [3.05, 3.63) is 47.0 Å². The molecule has 0 N–H and O–H groups in total. The Morgan fingerprint density at radius 2 is 2.00 bits per heavy atom. The van der Waals surface area contributed by atoms with Gasteiger partial charge in [-0.3, -0.25) is 14.5 Å². The van der Waals surface area contributed by atoms with Gasteiger partial charge in [0.25, 0.3) is 0 Å². The summed E-state index contributed by atoms with van der Waals surface area (Å²) in [5.74, 6) is 0.915. The van der Waals surface area contributed by atoms with Crippen LogP contribution in [0.5, 0.6) is 0 Å². The first-order valence-corrected chi connectivity index (χ1v) is 10.9.